The molecule has 0 aliphatic heterocycles. The van der Waals surface area contributed by atoms with Crippen LogP contribution in [0.25, 0.3) is 0 Å². The third kappa shape index (κ3) is 5.15. The van der Waals surface area contributed by atoms with Gasteiger partial charge in [-0.25, -0.2) is 9.59 Å². The summed E-state index contributed by atoms with van der Waals surface area (Å²) < 4.78 is 4.39. The Morgan fingerprint density at radius 1 is 1.37 bits per heavy atom. The van der Waals surface area contributed by atoms with Crippen molar-refractivity contribution < 1.29 is 24.2 Å². The fourth-order valence-corrected chi connectivity index (χ4v) is 1.21. The highest BCUT2D eigenvalue weighted by Gasteiger charge is 2.30. The normalized spacial score (nSPS) is 12.5. The summed E-state index contributed by atoms with van der Waals surface area (Å²) in [6.07, 6.45) is 0.309. The van der Waals surface area contributed by atoms with Crippen LogP contribution in [0.2, 0.25) is 0 Å². The maximum Gasteiger partial charge on any atom is 0.326 e. The van der Waals surface area contributed by atoms with Crippen molar-refractivity contribution in [1.82, 2.24) is 10.2 Å². The molecule has 0 saturated carbocycles. The van der Waals surface area contributed by atoms with E-state index >= 15 is 0 Å². The molecule has 0 unspecified atom stereocenters. The molecule has 110 valence electrons. The molecule has 7 heteroatoms. The van der Waals surface area contributed by atoms with E-state index in [9.17, 15) is 14.4 Å². The lowest BCUT2D eigenvalue weighted by Crippen LogP contribution is -2.53. The van der Waals surface area contributed by atoms with Crippen molar-refractivity contribution in [2.45, 2.75) is 45.2 Å². The SMILES string of the molecule is CCC(C)(C)N(C)C(=O)N[C@@H](CC(=O)OC)C(=O)O. The fraction of sp³-hybridized carbons (Fsp3) is 0.750. The Bertz CT molecular complexity index is 354. The van der Waals surface area contributed by atoms with Crippen LogP contribution in [0.3, 0.4) is 0 Å². The van der Waals surface area contributed by atoms with E-state index in [0.717, 1.165) is 7.11 Å². The zero-order valence-corrected chi connectivity index (χ0v) is 12.0. The van der Waals surface area contributed by atoms with Gasteiger partial charge >= 0.3 is 18.0 Å². The molecule has 0 spiro atoms. The summed E-state index contributed by atoms with van der Waals surface area (Å²) in [6, 6.07) is -1.83. The average molecular weight is 274 g/mol. The minimum absolute atomic E-state index is 0.404. The van der Waals surface area contributed by atoms with Gasteiger partial charge in [0.2, 0.25) is 0 Å². The Balaban J connectivity index is 4.73. The summed E-state index contributed by atoms with van der Waals surface area (Å²) >= 11 is 0. The predicted octanol–water partition coefficient (Wildman–Crippen LogP) is 0.833. The van der Waals surface area contributed by atoms with Gasteiger partial charge in [0.25, 0.3) is 0 Å². The van der Waals surface area contributed by atoms with Crippen LogP contribution in [0.15, 0.2) is 0 Å². The number of carboxylic acid groups (broad SMARTS) is 1. The van der Waals surface area contributed by atoms with Crippen molar-refractivity contribution in [2.24, 2.45) is 0 Å². The van der Waals surface area contributed by atoms with Gasteiger partial charge in [-0.05, 0) is 20.3 Å². The van der Waals surface area contributed by atoms with Gasteiger partial charge in [-0.15, -0.1) is 0 Å². The van der Waals surface area contributed by atoms with Crippen LogP contribution >= 0.6 is 0 Å². The van der Waals surface area contributed by atoms with E-state index in [1.807, 2.05) is 20.8 Å². The number of carboxylic acids is 1. The zero-order valence-electron chi connectivity index (χ0n) is 12.0. The molecule has 0 aromatic rings. The molecule has 7 nitrogen and oxygen atoms in total. The Morgan fingerprint density at radius 3 is 2.26 bits per heavy atom. The highest BCUT2D eigenvalue weighted by molar-refractivity contribution is 5.86. The lowest BCUT2D eigenvalue weighted by molar-refractivity contribution is -0.147. The molecule has 0 aliphatic rings. The first kappa shape index (κ1) is 17.2. The van der Waals surface area contributed by atoms with Crippen LogP contribution < -0.4 is 5.32 Å². The molecule has 2 amide bonds. The van der Waals surface area contributed by atoms with Crippen LogP contribution in [-0.2, 0) is 14.3 Å². The number of hydrogen-bond acceptors (Lipinski definition) is 4. The number of amides is 2. The van der Waals surface area contributed by atoms with Gasteiger partial charge in [-0.1, -0.05) is 6.92 Å². The number of methoxy groups -OCH3 is 1. The number of ether oxygens (including phenoxy) is 1. The van der Waals surface area contributed by atoms with Gasteiger partial charge in [0.05, 0.1) is 13.5 Å². The number of rotatable bonds is 6. The lowest BCUT2D eigenvalue weighted by atomic mass is 10.0. The first-order valence-electron chi connectivity index (χ1n) is 5.99. The number of nitrogens with one attached hydrogen (secondary N) is 1. The molecule has 0 heterocycles. The van der Waals surface area contributed by atoms with Crippen molar-refractivity contribution in [3.63, 3.8) is 0 Å². The number of carbonyl (C=O) groups is 3. The fourth-order valence-electron chi connectivity index (χ4n) is 1.21. The Hall–Kier alpha value is -1.79. The summed E-state index contributed by atoms with van der Waals surface area (Å²) in [5, 5.41) is 11.3. The zero-order chi connectivity index (χ0) is 15.2. The molecule has 1 atom stereocenters. The quantitative estimate of drug-likeness (QED) is 0.699. The van der Waals surface area contributed by atoms with E-state index in [0.29, 0.717) is 6.42 Å². The largest absolute Gasteiger partial charge is 0.480 e. The predicted molar refractivity (Wildman–Crippen MR) is 68.7 cm³/mol. The van der Waals surface area contributed by atoms with E-state index < -0.39 is 36.0 Å². The second-order valence-electron chi connectivity index (χ2n) is 4.85. The highest BCUT2D eigenvalue weighted by Crippen LogP contribution is 2.16. The molecule has 0 radical (unpaired) electrons. The van der Waals surface area contributed by atoms with Gasteiger partial charge in [0, 0.05) is 12.6 Å². The van der Waals surface area contributed by atoms with E-state index in [1.165, 1.54) is 4.90 Å². The molecular weight excluding hydrogens is 252 g/mol. The van der Waals surface area contributed by atoms with Crippen molar-refractivity contribution >= 4 is 18.0 Å². The molecule has 0 aliphatic carbocycles. The van der Waals surface area contributed by atoms with Crippen LogP contribution in [-0.4, -0.2) is 53.7 Å². The average Bonchev–Trinajstić information content (AvgIpc) is 2.36. The first-order valence-corrected chi connectivity index (χ1v) is 5.99. The van der Waals surface area contributed by atoms with Gasteiger partial charge in [0.1, 0.15) is 6.04 Å². The third-order valence-corrected chi connectivity index (χ3v) is 3.27. The number of aliphatic carboxylic acids is 1. The van der Waals surface area contributed by atoms with Crippen LogP contribution in [0.1, 0.15) is 33.6 Å². The van der Waals surface area contributed by atoms with Crippen LogP contribution in [0.4, 0.5) is 4.79 Å². The van der Waals surface area contributed by atoms with Crippen LogP contribution in [0, 0.1) is 0 Å². The minimum atomic E-state index is -1.30. The number of esters is 1. The summed E-state index contributed by atoms with van der Waals surface area (Å²) in [7, 11) is 2.74. The third-order valence-electron chi connectivity index (χ3n) is 3.27. The van der Waals surface area contributed by atoms with E-state index in [1.54, 1.807) is 7.05 Å². The Kier molecular flexibility index (Phi) is 6.31. The number of carbonyl (C=O) groups excluding carboxylic acids is 2. The molecule has 0 rings (SSSR count). The molecule has 0 bridgehead atoms. The second kappa shape index (κ2) is 6.96. The number of nitrogens with zero attached hydrogens (tertiary/aromatic N) is 1. The molecular formula is C12H22N2O5. The van der Waals surface area contributed by atoms with E-state index in [2.05, 4.69) is 10.1 Å². The van der Waals surface area contributed by atoms with Gasteiger partial charge in [-0.2, -0.15) is 0 Å². The summed E-state index contributed by atoms with van der Waals surface area (Å²) in [6.45, 7) is 5.65. The number of urea groups is 1. The Labute approximate surface area is 112 Å². The van der Waals surface area contributed by atoms with Crippen LogP contribution in [0.5, 0.6) is 0 Å². The van der Waals surface area contributed by atoms with Gasteiger partial charge < -0.3 is 20.1 Å². The van der Waals surface area contributed by atoms with Crippen molar-refractivity contribution in [1.29, 1.82) is 0 Å². The molecule has 0 saturated heterocycles. The number of hydrogen-bond donors (Lipinski definition) is 2. The molecule has 0 aromatic heterocycles. The maximum absolute atomic E-state index is 11.9. The molecule has 19 heavy (non-hydrogen) atoms. The smallest absolute Gasteiger partial charge is 0.326 e. The molecule has 0 aromatic carbocycles. The Morgan fingerprint density at radius 2 is 1.89 bits per heavy atom. The maximum atomic E-state index is 11.9. The van der Waals surface area contributed by atoms with Crippen molar-refractivity contribution in [2.75, 3.05) is 14.2 Å². The van der Waals surface area contributed by atoms with E-state index in [-0.39, 0.29) is 0 Å². The molecule has 0 fully saturated rings. The monoisotopic (exact) mass is 274 g/mol. The van der Waals surface area contributed by atoms with Gasteiger partial charge in [-0.3, -0.25) is 4.79 Å². The first-order chi connectivity index (χ1) is 8.65. The lowest BCUT2D eigenvalue weighted by Gasteiger charge is -2.35. The minimum Gasteiger partial charge on any atom is -0.480 e. The summed E-state index contributed by atoms with van der Waals surface area (Å²) in [4.78, 5) is 35.4. The van der Waals surface area contributed by atoms with Gasteiger partial charge in [0.15, 0.2) is 0 Å². The highest BCUT2D eigenvalue weighted by atomic mass is 16.5. The topological polar surface area (TPSA) is 95.9 Å². The summed E-state index contributed by atoms with van der Waals surface area (Å²) in [5.74, 6) is -1.97. The standard InChI is InChI=1S/C12H22N2O5/c1-6-12(2,3)14(4)11(18)13-8(10(16)17)7-9(15)19-5/h8H,6-7H2,1-5H3,(H,13,18)(H,16,17)/t8-/m0/s1. The van der Waals surface area contributed by atoms with Crippen molar-refractivity contribution in [3.05, 3.63) is 0 Å². The summed E-state index contributed by atoms with van der Waals surface area (Å²) in [5.41, 5.74) is -0.404. The van der Waals surface area contributed by atoms with E-state index in [4.69, 9.17) is 5.11 Å². The molecule has 2 N–H and O–H groups in total. The second-order valence-corrected chi connectivity index (χ2v) is 4.85. The van der Waals surface area contributed by atoms with Crippen molar-refractivity contribution in [3.8, 4) is 0 Å².